The van der Waals surface area contributed by atoms with Gasteiger partial charge >= 0.3 is 0 Å². The van der Waals surface area contributed by atoms with E-state index in [9.17, 15) is 0 Å². The maximum absolute atomic E-state index is 5.34. The van der Waals surface area contributed by atoms with Gasteiger partial charge in [0.25, 0.3) is 0 Å². The first kappa shape index (κ1) is 30.0. The van der Waals surface area contributed by atoms with Gasteiger partial charge < -0.3 is 0 Å². The molecule has 1 aliphatic carbocycles. The molecule has 0 unspecified atom stereocenters. The number of hydrogen-bond donors (Lipinski definition) is 0. The van der Waals surface area contributed by atoms with Crippen molar-refractivity contribution in [1.82, 2.24) is 15.0 Å². The second-order valence-electron chi connectivity index (χ2n) is 13.9. The smallest absolute Gasteiger partial charge is 0.164 e. The topological polar surface area (TPSA) is 38.7 Å². The molecule has 54 heavy (non-hydrogen) atoms. The molecule has 12 rings (SSSR count). The van der Waals surface area contributed by atoms with Gasteiger partial charge in [0, 0.05) is 62.4 Å². The lowest BCUT2D eigenvalue weighted by Crippen LogP contribution is -2.01. The number of nitrogens with zero attached hydrogens (tertiary/aromatic N) is 3. The summed E-state index contributed by atoms with van der Waals surface area (Å²) in [4.78, 5) is 15.8. The number of fused-ring (bicyclic) bond motifs is 1. The third-order valence-electron chi connectivity index (χ3n) is 10.9. The fourth-order valence-electron chi connectivity index (χ4n) is 8.42. The Kier molecular flexibility index (Phi) is 6.38. The fraction of sp³-hybridized carbons (Fsp3) is 0. The molecule has 3 nitrogen and oxygen atoms in total. The van der Waals surface area contributed by atoms with Gasteiger partial charge in [-0.25, -0.2) is 15.0 Å². The molecule has 0 saturated heterocycles. The summed E-state index contributed by atoms with van der Waals surface area (Å²) >= 11 is 3.74. The van der Waals surface area contributed by atoms with E-state index in [2.05, 4.69) is 152 Å². The van der Waals surface area contributed by atoms with Crippen LogP contribution in [0.5, 0.6) is 0 Å². The monoisotopic (exact) mass is 721 g/mol. The SMILES string of the molecule is c1ccc(-c2ccc(-c3nc(-c4cccc(-c5ccccc5)c4)nc(-c4cc5sc6cccc7c6c5c5c4ccc4sc6cccc-7c6c45)n3)cc2)cc1. The van der Waals surface area contributed by atoms with Gasteiger partial charge in [0.05, 0.1) is 0 Å². The minimum absolute atomic E-state index is 0.653. The van der Waals surface area contributed by atoms with E-state index in [0.29, 0.717) is 17.5 Å². The van der Waals surface area contributed by atoms with Gasteiger partial charge in [-0.15, -0.1) is 22.7 Å². The molecule has 5 heteroatoms. The Hall–Kier alpha value is -6.53. The van der Waals surface area contributed by atoms with Crippen LogP contribution in [0.1, 0.15) is 0 Å². The molecule has 8 aromatic carbocycles. The van der Waals surface area contributed by atoms with Crippen molar-refractivity contribution in [2.75, 3.05) is 0 Å². The molecule has 0 bridgehead atoms. The summed E-state index contributed by atoms with van der Waals surface area (Å²) in [6.45, 7) is 0. The highest BCUT2D eigenvalue weighted by molar-refractivity contribution is 7.27. The van der Waals surface area contributed by atoms with Crippen molar-refractivity contribution in [2.45, 2.75) is 0 Å². The van der Waals surface area contributed by atoms with E-state index in [1.807, 2.05) is 34.8 Å². The average molecular weight is 722 g/mol. The van der Waals surface area contributed by atoms with Gasteiger partial charge in [0.15, 0.2) is 17.5 Å². The number of rotatable bonds is 5. The lowest BCUT2D eigenvalue weighted by Gasteiger charge is -2.13. The highest BCUT2D eigenvalue weighted by atomic mass is 32.1. The van der Waals surface area contributed by atoms with Gasteiger partial charge in [-0.05, 0) is 69.1 Å². The summed E-state index contributed by atoms with van der Waals surface area (Å²) in [5, 5.41) is 7.85. The standard InChI is InChI=1S/C49H27N3S2/c1-3-10-28(11-4-1)30-20-22-31(23-21-30)47-50-48(33-15-7-14-32(26-33)29-12-5-2-6-13-29)52-49(51-47)37-27-41-46-43-35(17-9-19-39(43)54-41)34-16-8-18-38-42(34)45-40(53-38)25-24-36(37)44(45)46/h1-27H. The van der Waals surface area contributed by atoms with Crippen LogP contribution in [0.2, 0.25) is 0 Å². The summed E-state index contributed by atoms with van der Waals surface area (Å²) in [6.07, 6.45) is 0. The molecular formula is C49H27N3S2. The molecule has 0 saturated carbocycles. The molecule has 11 aromatic rings. The molecule has 1 aliphatic rings. The third kappa shape index (κ3) is 4.43. The highest BCUT2D eigenvalue weighted by Gasteiger charge is 2.26. The van der Waals surface area contributed by atoms with Crippen LogP contribution in [0.15, 0.2) is 164 Å². The molecule has 3 aromatic heterocycles. The number of benzene rings is 8. The van der Waals surface area contributed by atoms with Crippen LogP contribution in [0.3, 0.4) is 0 Å². The zero-order chi connectivity index (χ0) is 35.3. The van der Waals surface area contributed by atoms with Crippen LogP contribution in [0, 0.1) is 0 Å². The predicted octanol–water partition coefficient (Wildman–Crippen LogP) is 14.1. The molecule has 0 radical (unpaired) electrons. The number of thiophene rings is 2. The Morgan fingerprint density at radius 3 is 1.48 bits per heavy atom. The summed E-state index contributed by atoms with van der Waals surface area (Å²) in [5.74, 6) is 1.98. The lowest BCUT2D eigenvalue weighted by atomic mass is 9.96. The predicted molar refractivity (Wildman–Crippen MR) is 229 cm³/mol. The van der Waals surface area contributed by atoms with Crippen LogP contribution < -0.4 is 0 Å². The molecular weight excluding hydrogens is 695 g/mol. The van der Waals surface area contributed by atoms with Crippen molar-refractivity contribution < 1.29 is 0 Å². The maximum atomic E-state index is 5.34. The molecule has 0 fully saturated rings. The van der Waals surface area contributed by atoms with Crippen molar-refractivity contribution in [3.8, 4) is 67.5 Å². The van der Waals surface area contributed by atoms with Crippen LogP contribution in [0.25, 0.3) is 119 Å². The molecule has 0 atom stereocenters. The Morgan fingerprint density at radius 2 is 0.778 bits per heavy atom. The first-order chi connectivity index (χ1) is 26.7. The van der Waals surface area contributed by atoms with Crippen LogP contribution in [0.4, 0.5) is 0 Å². The van der Waals surface area contributed by atoms with E-state index in [1.54, 1.807) is 0 Å². The molecule has 250 valence electrons. The van der Waals surface area contributed by atoms with E-state index in [1.165, 1.54) is 67.8 Å². The number of hydrogen-bond acceptors (Lipinski definition) is 5. The molecule has 0 amide bonds. The Labute approximate surface area is 318 Å². The average Bonchev–Trinajstić information content (AvgIpc) is 3.79. The van der Waals surface area contributed by atoms with Gasteiger partial charge in [0.2, 0.25) is 0 Å². The largest absolute Gasteiger partial charge is 0.208 e. The van der Waals surface area contributed by atoms with E-state index in [4.69, 9.17) is 15.0 Å². The lowest BCUT2D eigenvalue weighted by molar-refractivity contribution is 1.08. The van der Waals surface area contributed by atoms with E-state index < -0.39 is 0 Å². The van der Waals surface area contributed by atoms with Crippen LogP contribution >= 0.6 is 22.7 Å². The normalized spacial score (nSPS) is 12.1. The first-order valence-corrected chi connectivity index (χ1v) is 19.7. The maximum Gasteiger partial charge on any atom is 0.164 e. The third-order valence-corrected chi connectivity index (χ3v) is 13.1. The fourth-order valence-corrected chi connectivity index (χ4v) is 10.7. The van der Waals surface area contributed by atoms with Crippen molar-refractivity contribution in [3.05, 3.63) is 164 Å². The Bertz CT molecular complexity index is 3280. The zero-order valence-corrected chi connectivity index (χ0v) is 30.4. The Balaban J connectivity index is 1.14. The summed E-state index contributed by atoms with van der Waals surface area (Å²) in [6, 6.07) is 58.6. The van der Waals surface area contributed by atoms with Gasteiger partial charge in [-0.2, -0.15) is 0 Å². The van der Waals surface area contributed by atoms with E-state index in [-0.39, 0.29) is 0 Å². The molecule has 0 N–H and O–H groups in total. The van der Waals surface area contributed by atoms with Gasteiger partial charge in [-0.1, -0.05) is 133 Å². The van der Waals surface area contributed by atoms with E-state index in [0.717, 1.165) is 33.4 Å². The second-order valence-corrected chi connectivity index (χ2v) is 16.1. The van der Waals surface area contributed by atoms with E-state index >= 15 is 0 Å². The van der Waals surface area contributed by atoms with Crippen molar-refractivity contribution in [2.24, 2.45) is 0 Å². The quantitative estimate of drug-likeness (QED) is 0.178. The molecule has 0 spiro atoms. The first-order valence-electron chi connectivity index (χ1n) is 18.1. The highest BCUT2D eigenvalue weighted by Crippen LogP contribution is 2.54. The summed E-state index contributed by atoms with van der Waals surface area (Å²) in [7, 11) is 0. The van der Waals surface area contributed by atoms with Crippen molar-refractivity contribution in [1.29, 1.82) is 0 Å². The van der Waals surface area contributed by atoms with Crippen molar-refractivity contribution >= 4 is 73.8 Å². The Morgan fingerprint density at radius 1 is 0.278 bits per heavy atom. The van der Waals surface area contributed by atoms with Crippen LogP contribution in [-0.2, 0) is 0 Å². The van der Waals surface area contributed by atoms with Gasteiger partial charge in [-0.3, -0.25) is 0 Å². The minimum Gasteiger partial charge on any atom is -0.208 e. The molecule has 0 aliphatic heterocycles. The number of aromatic nitrogens is 3. The molecule has 3 heterocycles. The minimum atomic E-state index is 0.653. The van der Waals surface area contributed by atoms with Crippen molar-refractivity contribution in [3.63, 3.8) is 0 Å². The summed E-state index contributed by atoms with van der Waals surface area (Å²) < 4.78 is 5.18. The summed E-state index contributed by atoms with van der Waals surface area (Å²) in [5.41, 5.74) is 10.2. The van der Waals surface area contributed by atoms with Gasteiger partial charge in [0.1, 0.15) is 0 Å². The zero-order valence-electron chi connectivity index (χ0n) is 28.7. The van der Waals surface area contributed by atoms with Crippen LogP contribution in [-0.4, -0.2) is 15.0 Å². The second kappa shape index (κ2) is 11.5.